The molecule has 0 radical (unpaired) electrons. The Labute approximate surface area is 178 Å². The Bertz CT molecular complexity index is 1030. The summed E-state index contributed by atoms with van der Waals surface area (Å²) in [7, 11) is 0. The lowest BCUT2D eigenvalue weighted by molar-refractivity contribution is -0.138. The molecule has 6 nitrogen and oxygen atoms in total. The normalized spacial score (nSPS) is 15.4. The molecule has 0 unspecified atom stereocenters. The molecule has 0 aliphatic carbocycles. The number of esters is 1. The zero-order valence-corrected chi connectivity index (χ0v) is 17.8. The first kappa shape index (κ1) is 21.8. The van der Waals surface area contributed by atoms with Crippen molar-refractivity contribution in [2.45, 2.75) is 37.8 Å². The fourth-order valence-electron chi connectivity index (χ4n) is 3.28. The molecule has 158 valence electrons. The summed E-state index contributed by atoms with van der Waals surface area (Å²) >= 11 is 1.48. The number of nitrogens with zero attached hydrogens (tertiary/aromatic N) is 1. The number of allylic oxidation sites excluding steroid dienone is 1. The van der Waals surface area contributed by atoms with Crippen LogP contribution in [0.2, 0.25) is 0 Å². The number of hydrogen-bond acceptors (Lipinski definition) is 6. The molecule has 0 bridgehead atoms. The van der Waals surface area contributed by atoms with Crippen LogP contribution >= 0.6 is 11.8 Å². The number of unbranched alkanes of at least 4 members (excludes halogenated alkanes) is 1. The summed E-state index contributed by atoms with van der Waals surface area (Å²) in [5.41, 5.74) is 1.38. The highest BCUT2D eigenvalue weighted by Gasteiger charge is 2.36. The van der Waals surface area contributed by atoms with Gasteiger partial charge in [-0.25, -0.2) is 14.2 Å². The van der Waals surface area contributed by atoms with Crippen molar-refractivity contribution in [1.82, 2.24) is 9.97 Å². The Kier molecular flexibility index (Phi) is 7.10. The molecular weight excluding hydrogens is 405 g/mol. The van der Waals surface area contributed by atoms with Gasteiger partial charge in [0.1, 0.15) is 18.2 Å². The van der Waals surface area contributed by atoms with Gasteiger partial charge in [0, 0.05) is 11.4 Å². The molecule has 0 spiro atoms. The summed E-state index contributed by atoms with van der Waals surface area (Å²) in [6.07, 6.45) is 3.53. The highest BCUT2D eigenvalue weighted by molar-refractivity contribution is 7.99. The van der Waals surface area contributed by atoms with E-state index in [1.807, 2.05) is 0 Å². The third kappa shape index (κ3) is 4.64. The highest BCUT2D eigenvalue weighted by Crippen LogP contribution is 2.40. The number of carbonyl (C=O) groups is 1. The fraction of sp³-hybridized carbons (Fsp3) is 0.318. The molecule has 1 aromatic carbocycles. The van der Waals surface area contributed by atoms with Gasteiger partial charge in [-0.3, -0.25) is 4.79 Å². The van der Waals surface area contributed by atoms with Gasteiger partial charge < -0.3 is 15.0 Å². The molecule has 0 saturated heterocycles. The van der Waals surface area contributed by atoms with Crippen molar-refractivity contribution in [2.24, 2.45) is 0 Å². The minimum Gasteiger partial charge on any atom is -0.458 e. The van der Waals surface area contributed by atoms with Crippen LogP contribution < -0.4 is 10.9 Å². The summed E-state index contributed by atoms with van der Waals surface area (Å²) in [4.78, 5) is 33.2. The van der Waals surface area contributed by atoms with E-state index in [0.29, 0.717) is 27.8 Å². The topological polar surface area (TPSA) is 84.1 Å². The minimum atomic E-state index is -0.731. The van der Waals surface area contributed by atoms with Crippen molar-refractivity contribution < 1.29 is 13.9 Å². The van der Waals surface area contributed by atoms with Gasteiger partial charge in [-0.2, -0.15) is 0 Å². The van der Waals surface area contributed by atoms with E-state index >= 15 is 0 Å². The van der Waals surface area contributed by atoms with Crippen molar-refractivity contribution in [2.75, 3.05) is 17.7 Å². The lowest BCUT2D eigenvalue weighted by Gasteiger charge is -2.28. The second-order valence-electron chi connectivity index (χ2n) is 6.87. The molecule has 8 heteroatoms. The zero-order chi connectivity index (χ0) is 21.7. The SMILES string of the molecule is C=CCOC(=O)C1=C(C)Nc2nc(SCCCC)[nH]c(=O)c2[C@@H]1c1ccc(F)cc1. The second kappa shape index (κ2) is 9.75. The van der Waals surface area contributed by atoms with E-state index in [-0.39, 0.29) is 17.7 Å². The van der Waals surface area contributed by atoms with Gasteiger partial charge in [0.05, 0.1) is 17.1 Å². The third-order valence-electron chi connectivity index (χ3n) is 4.71. The molecule has 1 aliphatic heterocycles. The summed E-state index contributed by atoms with van der Waals surface area (Å²) < 4.78 is 18.8. The monoisotopic (exact) mass is 429 g/mol. The maximum atomic E-state index is 13.5. The Balaban J connectivity index is 2.11. The first-order chi connectivity index (χ1) is 14.5. The number of carbonyl (C=O) groups excluding carboxylic acids is 1. The van der Waals surface area contributed by atoms with Crippen LogP contribution in [0.1, 0.15) is 43.7 Å². The molecule has 2 heterocycles. The number of halogens is 1. The average Bonchev–Trinajstić information content (AvgIpc) is 2.72. The van der Waals surface area contributed by atoms with E-state index in [1.54, 1.807) is 19.1 Å². The Morgan fingerprint density at radius 1 is 1.37 bits per heavy atom. The van der Waals surface area contributed by atoms with E-state index in [4.69, 9.17) is 4.74 Å². The Morgan fingerprint density at radius 3 is 2.77 bits per heavy atom. The van der Waals surface area contributed by atoms with Crippen molar-refractivity contribution in [1.29, 1.82) is 0 Å². The van der Waals surface area contributed by atoms with Crippen molar-refractivity contribution in [3.8, 4) is 0 Å². The number of fused-ring (bicyclic) bond motifs is 1. The van der Waals surface area contributed by atoms with Crippen LogP contribution in [0.25, 0.3) is 0 Å². The van der Waals surface area contributed by atoms with E-state index < -0.39 is 17.7 Å². The molecule has 2 N–H and O–H groups in total. The van der Waals surface area contributed by atoms with Gasteiger partial charge in [0.15, 0.2) is 5.16 Å². The van der Waals surface area contributed by atoms with Crippen LogP contribution in [0.3, 0.4) is 0 Å². The predicted octanol–water partition coefficient (Wildman–Crippen LogP) is 4.36. The minimum absolute atomic E-state index is 0.0419. The lowest BCUT2D eigenvalue weighted by atomic mass is 9.82. The molecule has 1 atom stereocenters. The summed E-state index contributed by atoms with van der Waals surface area (Å²) in [5.74, 6) is -0.470. The number of ether oxygens (including phenoxy) is 1. The standard InChI is InChI=1S/C22H24FN3O3S/c1-4-6-12-30-22-25-19-18(20(27)26-22)17(14-7-9-15(23)10-8-14)16(13(3)24-19)21(28)29-11-5-2/h5,7-10,17H,2,4,6,11-12H2,1,3H3,(H2,24,25,26,27)/t17-/m1/s1. The maximum Gasteiger partial charge on any atom is 0.337 e. The van der Waals surface area contributed by atoms with E-state index in [1.165, 1.54) is 30.0 Å². The molecule has 1 aliphatic rings. The van der Waals surface area contributed by atoms with Crippen molar-refractivity contribution in [3.05, 3.63) is 75.5 Å². The predicted molar refractivity (Wildman–Crippen MR) is 116 cm³/mol. The van der Waals surface area contributed by atoms with Crippen molar-refractivity contribution >= 4 is 23.5 Å². The molecular formula is C22H24FN3O3S. The number of aromatic nitrogens is 2. The van der Waals surface area contributed by atoms with Crippen LogP contribution in [0.4, 0.5) is 10.2 Å². The lowest BCUT2D eigenvalue weighted by Crippen LogP contribution is -2.31. The van der Waals surface area contributed by atoms with Crippen LogP contribution in [0.15, 0.2) is 58.1 Å². The molecule has 0 saturated carbocycles. The summed E-state index contributed by atoms with van der Waals surface area (Å²) in [6.45, 7) is 7.43. The van der Waals surface area contributed by atoms with Gasteiger partial charge in [-0.15, -0.1) is 0 Å². The van der Waals surface area contributed by atoms with Crippen LogP contribution in [0, 0.1) is 5.82 Å². The maximum absolute atomic E-state index is 13.5. The van der Waals surface area contributed by atoms with Gasteiger partial charge in [-0.1, -0.05) is 49.9 Å². The zero-order valence-electron chi connectivity index (χ0n) is 17.0. The summed E-state index contributed by atoms with van der Waals surface area (Å²) in [6, 6.07) is 5.73. The number of anilines is 1. The third-order valence-corrected chi connectivity index (χ3v) is 5.67. The Morgan fingerprint density at radius 2 is 2.10 bits per heavy atom. The number of hydrogen-bond donors (Lipinski definition) is 2. The number of thioether (sulfide) groups is 1. The van der Waals surface area contributed by atoms with Crippen LogP contribution in [-0.2, 0) is 9.53 Å². The highest BCUT2D eigenvalue weighted by atomic mass is 32.2. The fourth-order valence-corrected chi connectivity index (χ4v) is 4.23. The Hall–Kier alpha value is -2.87. The largest absolute Gasteiger partial charge is 0.458 e. The molecule has 0 amide bonds. The number of aromatic amines is 1. The van der Waals surface area contributed by atoms with Crippen LogP contribution in [0.5, 0.6) is 0 Å². The first-order valence-corrected chi connectivity index (χ1v) is 10.7. The van der Waals surface area contributed by atoms with Gasteiger partial charge in [0.25, 0.3) is 5.56 Å². The van der Waals surface area contributed by atoms with Gasteiger partial charge in [0.2, 0.25) is 0 Å². The first-order valence-electron chi connectivity index (χ1n) is 9.74. The second-order valence-corrected chi connectivity index (χ2v) is 7.95. The van der Waals surface area contributed by atoms with E-state index in [2.05, 4.69) is 28.8 Å². The number of nitrogens with one attached hydrogen (secondary N) is 2. The molecule has 0 fully saturated rings. The quantitative estimate of drug-likeness (QED) is 0.213. The smallest absolute Gasteiger partial charge is 0.337 e. The average molecular weight is 430 g/mol. The molecule has 1 aromatic heterocycles. The molecule has 30 heavy (non-hydrogen) atoms. The van der Waals surface area contributed by atoms with Crippen molar-refractivity contribution in [3.63, 3.8) is 0 Å². The molecule has 3 rings (SSSR count). The number of benzene rings is 1. The van der Waals surface area contributed by atoms with E-state index in [0.717, 1.165) is 18.6 Å². The van der Waals surface area contributed by atoms with Gasteiger partial charge in [-0.05, 0) is 31.0 Å². The number of H-pyrrole nitrogens is 1. The number of rotatable bonds is 8. The van der Waals surface area contributed by atoms with E-state index in [9.17, 15) is 14.0 Å². The van der Waals surface area contributed by atoms with Crippen LogP contribution in [-0.4, -0.2) is 28.3 Å². The van der Waals surface area contributed by atoms with Gasteiger partial charge >= 0.3 is 5.97 Å². The summed E-state index contributed by atoms with van der Waals surface area (Å²) in [5, 5.41) is 3.60. The molecule has 2 aromatic rings.